The van der Waals surface area contributed by atoms with Crippen molar-refractivity contribution in [2.75, 3.05) is 6.61 Å². The van der Waals surface area contributed by atoms with Crippen LogP contribution in [-0.4, -0.2) is 18.2 Å². The van der Waals surface area contributed by atoms with E-state index in [2.05, 4.69) is 6.92 Å². The first kappa shape index (κ1) is 20.3. The molecule has 2 aromatic rings. The van der Waals surface area contributed by atoms with Crippen molar-refractivity contribution < 1.29 is 14.3 Å². The van der Waals surface area contributed by atoms with Crippen LogP contribution in [0.15, 0.2) is 48.5 Å². The number of carbonyl (C=O) groups excluding carboxylic acids is 1. The minimum atomic E-state index is -0.967. The maximum Gasteiger partial charge on any atom is 0.350 e. The van der Waals surface area contributed by atoms with Crippen LogP contribution in [-0.2, 0) is 16.0 Å². The molecule has 0 aliphatic rings. The minimum Gasteiger partial charge on any atom is -0.476 e. The Labute approximate surface area is 161 Å². The van der Waals surface area contributed by atoms with Crippen molar-refractivity contribution in [3.05, 3.63) is 64.7 Å². The topological polar surface area (TPSA) is 35.5 Å². The van der Waals surface area contributed by atoms with Gasteiger partial charge in [0.05, 0.1) is 6.61 Å². The predicted molar refractivity (Wildman–Crippen MR) is 106 cm³/mol. The van der Waals surface area contributed by atoms with Gasteiger partial charge in [-0.25, -0.2) is 4.79 Å². The fraction of sp³-hybridized carbons (Fsp3) is 0.409. The number of esters is 1. The van der Waals surface area contributed by atoms with Crippen molar-refractivity contribution >= 4 is 17.6 Å². The standard InChI is InChI=1S/C22H27ClO3/c1-4-6-15-25-21(24)22(3,5-2)26-20-13-9-18(10-14-20)16-17-7-11-19(23)12-8-17/h7-14H,4-6,15-16H2,1-3H3. The summed E-state index contributed by atoms with van der Waals surface area (Å²) in [6.07, 6.45) is 3.23. The van der Waals surface area contributed by atoms with Gasteiger partial charge in [0.15, 0.2) is 0 Å². The lowest BCUT2D eigenvalue weighted by Crippen LogP contribution is -2.42. The van der Waals surface area contributed by atoms with Crippen LogP contribution in [0, 0.1) is 0 Å². The SMILES string of the molecule is CCCCOC(=O)C(C)(CC)Oc1ccc(Cc2ccc(Cl)cc2)cc1. The molecule has 0 saturated carbocycles. The molecule has 140 valence electrons. The highest BCUT2D eigenvalue weighted by Gasteiger charge is 2.35. The van der Waals surface area contributed by atoms with Crippen LogP contribution in [0.2, 0.25) is 5.02 Å². The van der Waals surface area contributed by atoms with E-state index in [-0.39, 0.29) is 5.97 Å². The first-order valence-corrected chi connectivity index (χ1v) is 9.54. The Balaban J connectivity index is 1.99. The summed E-state index contributed by atoms with van der Waals surface area (Å²) in [7, 11) is 0. The Morgan fingerprint density at radius 1 is 1.00 bits per heavy atom. The number of hydrogen-bond donors (Lipinski definition) is 0. The van der Waals surface area contributed by atoms with Gasteiger partial charge in [0, 0.05) is 5.02 Å². The molecule has 26 heavy (non-hydrogen) atoms. The third-order valence-corrected chi connectivity index (χ3v) is 4.68. The highest BCUT2D eigenvalue weighted by Crippen LogP contribution is 2.24. The van der Waals surface area contributed by atoms with E-state index in [0.29, 0.717) is 18.8 Å². The summed E-state index contributed by atoms with van der Waals surface area (Å²) in [5.41, 5.74) is 1.40. The molecular weight excluding hydrogens is 348 g/mol. The van der Waals surface area contributed by atoms with Crippen LogP contribution >= 0.6 is 11.6 Å². The molecule has 0 aliphatic carbocycles. The predicted octanol–water partition coefficient (Wildman–Crippen LogP) is 5.82. The van der Waals surface area contributed by atoms with Crippen LogP contribution in [0.3, 0.4) is 0 Å². The summed E-state index contributed by atoms with van der Waals surface area (Å²) in [5, 5.41) is 0.738. The summed E-state index contributed by atoms with van der Waals surface area (Å²) in [5.74, 6) is 0.361. The number of ether oxygens (including phenoxy) is 2. The summed E-state index contributed by atoms with van der Waals surface area (Å²) < 4.78 is 11.3. The third-order valence-electron chi connectivity index (χ3n) is 4.43. The Morgan fingerprint density at radius 2 is 1.58 bits per heavy atom. The average Bonchev–Trinajstić information content (AvgIpc) is 2.65. The highest BCUT2D eigenvalue weighted by molar-refractivity contribution is 6.30. The Kier molecular flexibility index (Phi) is 7.52. The maximum absolute atomic E-state index is 12.4. The monoisotopic (exact) mass is 374 g/mol. The Morgan fingerprint density at radius 3 is 2.12 bits per heavy atom. The number of carbonyl (C=O) groups is 1. The lowest BCUT2D eigenvalue weighted by atomic mass is 10.0. The Hall–Kier alpha value is -2.00. The molecule has 0 N–H and O–H groups in total. The zero-order chi connectivity index (χ0) is 19.0. The smallest absolute Gasteiger partial charge is 0.350 e. The van der Waals surface area contributed by atoms with Gasteiger partial charge in [-0.3, -0.25) is 0 Å². The van der Waals surface area contributed by atoms with Gasteiger partial charge in [-0.2, -0.15) is 0 Å². The van der Waals surface area contributed by atoms with E-state index in [4.69, 9.17) is 21.1 Å². The zero-order valence-electron chi connectivity index (χ0n) is 15.8. The molecule has 2 rings (SSSR count). The molecule has 1 atom stereocenters. The fourth-order valence-corrected chi connectivity index (χ4v) is 2.62. The average molecular weight is 375 g/mol. The van der Waals surface area contributed by atoms with Gasteiger partial charge in [0.25, 0.3) is 0 Å². The minimum absolute atomic E-state index is 0.307. The number of unbranched alkanes of at least 4 members (excludes halogenated alkanes) is 1. The van der Waals surface area contributed by atoms with Gasteiger partial charge in [-0.15, -0.1) is 0 Å². The molecule has 0 aromatic heterocycles. The van der Waals surface area contributed by atoms with E-state index >= 15 is 0 Å². The first-order valence-electron chi connectivity index (χ1n) is 9.16. The second-order valence-electron chi connectivity index (χ2n) is 6.62. The van der Waals surface area contributed by atoms with E-state index in [1.807, 2.05) is 55.5 Å². The summed E-state index contributed by atoms with van der Waals surface area (Å²) in [4.78, 5) is 12.4. The molecular formula is C22H27ClO3. The molecule has 3 nitrogen and oxygen atoms in total. The number of hydrogen-bond acceptors (Lipinski definition) is 3. The molecule has 1 unspecified atom stereocenters. The van der Waals surface area contributed by atoms with E-state index in [1.165, 1.54) is 11.1 Å². The van der Waals surface area contributed by atoms with Crippen LogP contribution in [0.25, 0.3) is 0 Å². The quantitative estimate of drug-likeness (QED) is 0.409. The van der Waals surface area contributed by atoms with Gasteiger partial charge in [0.2, 0.25) is 5.60 Å². The number of benzene rings is 2. The maximum atomic E-state index is 12.4. The lowest BCUT2D eigenvalue weighted by Gasteiger charge is -2.27. The van der Waals surface area contributed by atoms with Crippen LogP contribution in [0.1, 0.15) is 51.2 Å². The molecule has 0 radical (unpaired) electrons. The van der Waals surface area contributed by atoms with Crippen LogP contribution in [0.4, 0.5) is 0 Å². The van der Waals surface area contributed by atoms with Crippen molar-refractivity contribution in [1.82, 2.24) is 0 Å². The Bertz CT molecular complexity index is 694. The second kappa shape index (κ2) is 9.63. The van der Waals surface area contributed by atoms with Crippen molar-refractivity contribution in [1.29, 1.82) is 0 Å². The number of rotatable bonds is 9. The van der Waals surface area contributed by atoms with Crippen LogP contribution in [0.5, 0.6) is 5.75 Å². The van der Waals surface area contributed by atoms with Crippen molar-refractivity contribution in [3.8, 4) is 5.75 Å². The van der Waals surface area contributed by atoms with Gasteiger partial charge < -0.3 is 9.47 Å². The fourth-order valence-electron chi connectivity index (χ4n) is 2.49. The molecule has 0 fully saturated rings. The third kappa shape index (κ3) is 5.77. The summed E-state index contributed by atoms with van der Waals surface area (Å²) in [6, 6.07) is 15.7. The summed E-state index contributed by atoms with van der Waals surface area (Å²) >= 11 is 5.92. The number of halogens is 1. The molecule has 0 spiro atoms. The normalized spacial score (nSPS) is 13.1. The molecule has 0 aliphatic heterocycles. The van der Waals surface area contributed by atoms with Crippen LogP contribution < -0.4 is 4.74 Å². The van der Waals surface area contributed by atoms with Crippen molar-refractivity contribution in [2.45, 2.75) is 52.1 Å². The van der Waals surface area contributed by atoms with E-state index < -0.39 is 5.60 Å². The molecule has 0 amide bonds. The second-order valence-corrected chi connectivity index (χ2v) is 7.06. The molecule has 0 bridgehead atoms. The van der Waals surface area contributed by atoms with Crippen molar-refractivity contribution in [3.63, 3.8) is 0 Å². The molecule has 2 aromatic carbocycles. The van der Waals surface area contributed by atoms with Gasteiger partial charge >= 0.3 is 5.97 Å². The van der Waals surface area contributed by atoms with Gasteiger partial charge in [0.1, 0.15) is 5.75 Å². The highest BCUT2D eigenvalue weighted by atomic mass is 35.5. The van der Waals surface area contributed by atoms with Gasteiger partial charge in [-0.05, 0) is 61.6 Å². The zero-order valence-corrected chi connectivity index (χ0v) is 16.5. The first-order chi connectivity index (χ1) is 12.5. The van der Waals surface area contributed by atoms with Gasteiger partial charge in [-0.1, -0.05) is 56.1 Å². The van der Waals surface area contributed by atoms with E-state index in [1.54, 1.807) is 6.92 Å². The summed E-state index contributed by atoms with van der Waals surface area (Å²) in [6.45, 7) is 6.21. The van der Waals surface area contributed by atoms with E-state index in [9.17, 15) is 4.79 Å². The largest absolute Gasteiger partial charge is 0.476 e. The van der Waals surface area contributed by atoms with E-state index in [0.717, 1.165) is 24.3 Å². The molecule has 4 heteroatoms. The molecule has 0 saturated heterocycles. The van der Waals surface area contributed by atoms with Crippen molar-refractivity contribution in [2.24, 2.45) is 0 Å². The molecule has 0 heterocycles. The lowest BCUT2D eigenvalue weighted by molar-refractivity contribution is -0.161.